The van der Waals surface area contributed by atoms with Crippen LogP contribution in [0.2, 0.25) is 0 Å². The molecule has 0 spiro atoms. The van der Waals surface area contributed by atoms with Crippen molar-refractivity contribution in [2.75, 3.05) is 20.3 Å². The highest BCUT2D eigenvalue weighted by Gasteiger charge is 2.36. The van der Waals surface area contributed by atoms with Gasteiger partial charge in [0.25, 0.3) is 0 Å². The lowest BCUT2D eigenvalue weighted by Crippen LogP contribution is -2.46. The van der Waals surface area contributed by atoms with E-state index < -0.39 is 0 Å². The second-order valence-electron chi connectivity index (χ2n) is 5.49. The summed E-state index contributed by atoms with van der Waals surface area (Å²) in [6.45, 7) is 2.00. The summed E-state index contributed by atoms with van der Waals surface area (Å²) in [5.41, 5.74) is 1.25. The minimum Gasteiger partial charge on any atom is -0.385 e. The Bertz CT molecular complexity index is 418. The van der Waals surface area contributed by atoms with Crippen molar-refractivity contribution < 1.29 is 9.53 Å². The summed E-state index contributed by atoms with van der Waals surface area (Å²) >= 11 is 0. The number of nitrogens with one attached hydrogen (secondary N) is 2. The topological polar surface area (TPSA) is 63.2 Å². The molecule has 0 radical (unpaired) electrons. The van der Waals surface area contributed by atoms with Crippen molar-refractivity contribution in [1.82, 2.24) is 15.6 Å². The van der Waals surface area contributed by atoms with Crippen LogP contribution in [0.15, 0.2) is 24.5 Å². The molecular formula is C15H23N3O2. The zero-order chi connectivity index (χ0) is 14.3. The number of amides is 2. The van der Waals surface area contributed by atoms with Gasteiger partial charge in [-0.3, -0.25) is 4.98 Å². The van der Waals surface area contributed by atoms with E-state index in [-0.39, 0.29) is 11.4 Å². The lowest BCUT2D eigenvalue weighted by Gasteiger charge is -2.42. The molecule has 0 aromatic carbocycles. The number of nitrogens with zero attached hydrogens (tertiary/aromatic N) is 1. The van der Waals surface area contributed by atoms with Crippen molar-refractivity contribution in [3.05, 3.63) is 30.1 Å². The fourth-order valence-corrected chi connectivity index (χ4v) is 2.53. The van der Waals surface area contributed by atoms with E-state index in [2.05, 4.69) is 15.6 Å². The fraction of sp³-hybridized carbons (Fsp3) is 0.600. The molecule has 2 rings (SSSR count). The van der Waals surface area contributed by atoms with Crippen LogP contribution < -0.4 is 10.6 Å². The van der Waals surface area contributed by atoms with Crippen molar-refractivity contribution >= 4 is 6.03 Å². The predicted octanol–water partition coefficient (Wildman–Crippen LogP) is 2.09. The van der Waals surface area contributed by atoms with E-state index in [1.54, 1.807) is 19.5 Å². The smallest absolute Gasteiger partial charge is 0.315 e. The molecule has 2 N–H and O–H groups in total. The third kappa shape index (κ3) is 4.20. The molecule has 5 nitrogen and oxygen atoms in total. The van der Waals surface area contributed by atoms with E-state index in [9.17, 15) is 4.79 Å². The van der Waals surface area contributed by atoms with Gasteiger partial charge in [-0.05, 0) is 36.3 Å². The summed E-state index contributed by atoms with van der Waals surface area (Å²) in [4.78, 5) is 15.8. The SMILES string of the molecule is COCCC1(CNC(=O)NCc2cccnc2)CCC1. The zero-order valence-corrected chi connectivity index (χ0v) is 12.0. The van der Waals surface area contributed by atoms with E-state index in [4.69, 9.17) is 4.74 Å². The number of ether oxygens (including phenoxy) is 1. The number of carbonyl (C=O) groups excluding carboxylic acids is 1. The van der Waals surface area contributed by atoms with Crippen LogP contribution in [0.25, 0.3) is 0 Å². The first kappa shape index (κ1) is 14.8. The molecule has 20 heavy (non-hydrogen) atoms. The first-order valence-electron chi connectivity index (χ1n) is 7.14. The maximum Gasteiger partial charge on any atom is 0.315 e. The highest BCUT2D eigenvalue weighted by atomic mass is 16.5. The van der Waals surface area contributed by atoms with E-state index >= 15 is 0 Å². The van der Waals surface area contributed by atoms with Crippen LogP contribution in [-0.2, 0) is 11.3 Å². The Balaban J connectivity index is 1.69. The third-order valence-corrected chi connectivity index (χ3v) is 4.05. The van der Waals surface area contributed by atoms with Crippen molar-refractivity contribution in [2.24, 2.45) is 5.41 Å². The molecule has 0 unspecified atom stereocenters. The zero-order valence-electron chi connectivity index (χ0n) is 12.0. The summed E-state index contributed by atoms with van der Waals surface area (Å²) in [7, 11) is 1.72. The molecule has 1 heterocycles. The second kappa shape index (κ2) is 7.24. The molecule has 0 aliphatic heterocycles. The summed E-state index contributed by atoms with van der Waals surface area (Å²) in [6, 6.07) is 3.69. The Morgan fingerprint density at radius 1 is 1.45 bits per heavy atom. The fourth-order valence-electron chi connectivity index (χ4n) is 2.53. The molecule has 1 aromatic rings. The van der Waals surface area contributed by atoms with Crippen LogP contribution in [0.4, 0.5) is 4.79 Å². The van der Waals surface area contributed by atoms with Crippen LogP contribution in [0.3, 0.4) is 0 Å². The minimum absolute atomic E-state index is 0.113. The van der Waals surface area contributed by atoms with Gasteiger partial charge in [0.1, 0.15) is 0 Å². The van der Waals surface area contributed by atoms with Gasteiger partial charge in [-0.1, -0.05) is 12.5 Å². The normalized spacial score (nSPS) is 16.2. The standard InChI is InChI=1S/C15H23N3O2/c1-20-9-7-15(5-3-6-15)12-18-14(19)17-11-13-4-2-8-16-10-13/h2,4,8,10H,3,5-7,9,11-12H2,1H3,(H2,17,18,19). The van der Waals surface area contributed by atoms with Gasteiger partial charge in [-0.15, -0.1) is 0 Å². The van der Waals surface area contributed by atoms with Gasteiger partial charge in [0.05, 0.1) is 0 Å². The molecule has 1 aliphatic rings. The van der Waals surface area contributed by atoms with Gasteiger partial charge in [0, 0.05) is 39.2 Å². The first-order chi connectivity index (χ1) is 9.74. The molecule has 1 saturated carbocycles. The number of methoxy groups -OCH3 is 1. The summed E-state index contributed by atoms with van der Waals surface area (Å²) in [5.74, 6) is 0. The highest BCUT2D eigenvalue weighted by molar-refractivity contribution is 5.73. The first-order valence-corrected chi connectivity index (χ1v) is 7.14. The number of rotatable bonds is 7. The summed E-state index contributed by atoms with van der Waals surface area (Å²) < 4.78 is 5.15. The predicted molar refractivity (Wildman–Crippen MR) is 77.3 cm³/mol. The molecule has 1 fully saturated rings. The summed E-state index contributed by atoms with van der Waals surface area (Å²) in [5, 5.41) is 5.83. The van der Waals surface area contributed by atoms with Crippen LogP contribution in [0.5, 0.6) is 0 Å². The Morgan fingerprint density at radius 3 is 2.90 bits per heavy atom. The minimum atomic E-state index is -0.113. The monoisotopic (exact) mass is 277 g/mol. The Kier molecular flexibility index (Phi) is 5.35. The lowest BCUT2D eigenvalue weighted by atomic mass is 9.67. The van der Waals surface area contributed by atoms with Crippen molar-refractivity contribution in [3.63, 3.8) is 0 Å². The van der Waals surface area contributed by atoms with Crippen molar-refractivity contribution in [1.29, 1.82) is 0 Å². The van der Waals surface area contributed by atoms with E-state index in [0.717, 1.165) is 25.1 Å². The van der Waals surface area contributed by atoms with Gasteiger partial charge >= 0.3 is 6.03 Å². The quantitative estimate of drug-likeness (QED) is 0.802. The Labute approximate surface area is 120 Å². The van der Waals surface area contributed by atoms with Gasteiger partial charge in [-0.25, -0.2) is 4.79 Å². The van der Waals surface area contributed by atoms with Gasteiger partial charge in [-0.2, -0.15) is 0 Å². The number of pyridine rings is 1. The van der Waals surface area contributed by atoms with Gasteiger partial charge < -0.3 is 15.4 Å². The van der Waals surface area contributed by atoms with E-state index in [0.29, 0.717) is 6.54 Å². The average Bonchev–Trinajstić information content (AvgIpc) is 2.45. The molecule has 0 saturated heterocycles. The molecule has 5 heteroatoms. The van der Waals surface area contributed by atoms with E-state index in [1.807, 2.05) is 12.1 Å². The number of carbonyl (C=O) groups is 1. The Hall–Kier alpha value is -1.62. The van der Waals surface area contributed by atoms with Crippen molar-refractivity contribution in [3.8, 4) is 0 Å². The number of hydrogen-bond donors (Lipinski definition) is 2. The van der Waals surface area contributed by atoms with Crippen LogP contribution in [0, 0.1) is 5.41 Å². The van der Waals surface area contributed by atoms with E-state index in [1.165, 1.54) is 19.3 Å². The molecular weight excluding hydrogens is 254 g/mol. The number of urea groups is 1. The second-order valence-corrected chi connectivity index (χ2v) is 5.49. The maximum atomic E-state index is 11.8. The molecule has 0 atom stereocenters. The largest absolute Gasteiger partial charge is 0.385 e. The molecule has 0 bridgehead atoms. The maximum absolute atomic E-state index is 11.8. The molecule has 1 aromatic heterocycles. The van der Waals surface area contributed by atoms with Gasteiger partial charge in [0.2, 0.25) is 0 Å². The van der Waals surface area contributed by atoms with Crippen LogP contribution in [0.1, 0.15) is 31.2 Å². The average molecular weight is 277 g/mol. The number of aromatic nitrogens is 1. The highest BCUT2D eigenvalue weighted by Crippen LogP contribution is 2.43. The molecule has 1 aliphatic carbocycles. The molecule has 110 valence electrons. The van der Waals surface area contributed by atoms with Crippen molar-refractivity contribution in [2.45, 2.75) is 32.2 Å². The van der Waals surface area contributed by atoms with Gasteiger partial charge in [0.15, 0.2) is 0 Å². The summed E-state index contributed by atoms with van der Waals surface area (Å²) in [6.07, 6.45) is 8.11. The number of hydrogen-bond acceptors (Lipinski definition) is 3. The third-order valence-electron chi connectivity index (χ3n) is 4.05. The van der Waals surface area contributed by atoms with Crippen LogP contribution >= 0.6 is 0 Å². The lowest BCUT2D eigenvalue weighted by molar-refractivity contribution is 0.0712. The molecule has 2 amide bonds. The Morgan fingerprint density at radius 2 is 2.30 bits per heavy atom. The van der Waals surface area contributed by atoms with Crippen LogP contribution in [-0.4, -0.2) is 31.3 Å².